The molecule has 0 aromatic carbocycles. The van der Waals surface area contributed by atoms with E-state index in [4.69, 9.17) is 10.5 Å². The summed E-state index contributed by atoms with van der Waals surface area (Å²) in [6, 6.07) is 2.00. The Morgan fingerprint density at radius 3 is 2.88 bits per heavy atom. The predicted octanol–water partition coefficient (Wildman–Crippen LogP) is 1.83. The molecule has 0 bridgehead atoms. The monoisotopic (exact) mass is 361 g/mol. The number of rotatable bonds is 7. The van der Waals surface area contributed by atoms with E-state index in [0.717, 1.165) is 38.8 Å². The van der Waals surface area contributed by atoms with Crippen molar-refractivity contribution >= 4 is 11.7 Å². The summed E-state index contributed by atoms with van der Waals surface area (Å²) >= 11 is 0. The molecule has 0 unspecified atom stereocenters. The van der Waals surface area contributed by atoms with Crippen LogP contribution in [-0.4, -0.2) is 64.1 Å². The van der Waals surface area contributed by atoms with Crippen LogP contribution in [0.4, 0.5) is 5.82 Å². The van der Waals surface area contributed by atoms with Gasteiger partial charge in [0.15, 0.2) is 0 Å². The number of likely N-dealkylation sites (N-methyl/N-ethyl adjacent to an activating group) is 1. The molecular weight excluding hydrogens is 330 g/mol. The number of nitrogens with zero attached hydrogens (tertiary/aromatic N) is 4. The summed E-state index contributed by atoms with van der Waals surface area (Å²) in [5, 5.41) is 0. The SMILES string of the molecule is CC[C@@H](OC1CCCC1)C(=O)N1CC[C@@H](N(C)Cc2nccc(N)n2)C1. The second-order valence-electron chi connectivity index (χ2n) is 7.48. The maximum absolute atomic E-state index is 12.9. The smallest absolute Gasteiger partial charge is 0.251 e. The van der Waals surface area contributed by atoms with Crippen molar-refractivity contribution in [3.8, 4) is 0 Å². The third kappa shape index (κ3) is 4.71. The lowest BCUT2D eigenvalue weighted by atomic mass is 10.2. The van der Waals surface area contributed by atoms with E-state index < -0.39 is 0 Å². The number of hydrogen-bond acceptors (Lipinski definition) is 6. The molecule has 2 atom stereocenters. The number of likely N-dealkylation sites (tertiary alicyclic amines) is 1. The molecule has 1 amide bonds. The van der Waals surface area contributed by atoms with E-state index in [-0.39, 0.29) is 18.1 Å². The second kappa shape index (κ2) is 8.77. The van der Waals surface area contributed by atoms with Crippen LogP contribution in [0.25, 0.3) is 0 Å². The summed E-state index contributed by atoms with van der Waals surface area (Å²) in [6.07, 6.45) is 7.99. The minimum Gasteiger partial charge on any atom is -0.384 e. The highest BCUT2D eigenvalue weighted by molar-refractivity contribution is 5.81. The molecule has 7 heteroatoms. The van der Waals surface area contributed by atoms with Crippen molar-refractivity contribution in [3.63, 3.8) is 0 Å². The van der Waals surface area contributed by atoms with Crippen molar-refractivity contribution < 1.29 is 9.53 Å². The molecule has 0 radical (unpaired) electrons. The fourth-order valence-electron chi connectivity index (χ4n) is 3.93. The third-order valence-electron chi connectivity index (χ3n) is 5.52. The molecule has 1 aliphatic carbocycles. The predicted molar refractivity (Wildman–Crippen MR) is 100 cm³/mol. The number of carbonyl (C=O) groups is 1. The van der Waals surface area contributed by atoms with Gasteiger partial charge in [0.25, 0.3) is 5.91 Å². The van der Waals surface area contributed by atoms with Gasteiger partial charge < -0.3 is 15.4 Å². The molecule has 0 spiro atoms. The van der Waals surface area contributed by atoms with Gasteiger partial charge in [0, 0.05) is 25.3 Å². The molecule has 2 fully saturated rings. The molecule has 26 heavy (non-hydrogen) atoms. The molecule has 2 N–H and O–H groups in total. The van der Waals surface area contributed by atoms with Gasteiger partial charge in [0.1, 0.15) is 17.7 Å². The summed E-state index contributed by atoms with van der Waals surface area (Å²) in [6.45, 7) is 4.19. The maximum atomic E-state index is 12.9. The van der Waals surface area contributed by atoms with Crippen molar-refractivity contribution in [1.82, 2.24) is 19.8 Å². The highest BCUT2D eigenvalue weighted by atomic mass is 16.5. The van der Waals surface area contributed by atoms with Crippen LogP contribution >= 0.6 is 0 Å². The number of amides is 1. The lowest BCUT2D eigenvalue weighted by molar-refractivity contribution is -0.146. The fraction of sp³-hybridized carbons (Fsp3) is 0.737. The fourth-order valence-corrected chi connectivity index (χ4v) is 3.93. The average Bonchev–Trinajstić information content (AvgIpc) is 3.31. The molecule has 1 saturated carbocycles. The summed E-state index contributed by atoms with van der Waals surface area (Å²) in [4.78, 5) is 25.6. The van der Waals surface area contributed by atoms with Crippen LogP contribution < -0.4 is 5.73 Å². The zero-order chi connectivity index (χ0) is 18.5. The van der Waals surface area contributed by atoms with E-state index in [1.165, 1.54) is 12.8 Å². The van der Waals surface area contributed by atoms with Crippen LogP contribution in [0.1, 0.15) is 51.3 Å². The Labute approximate surface area is 155 Å². The van der Waals surface area contributed by atoms with E-state index in [1.54, 1.807) is 12.3 Å². The Morgan fingerprint density at radius 2 is 2.19 bits per heavy atom. The summed E-state index contributed by atoms with van der Waals surface area (Å²) < 4.78 is 6.10. The number of ether oxygens (including phenoxy) is 1. The van der Waals surface area contributed by atoms with Crippen LogP contribution in [0.15, 0.2) is 12.3 Å². The normalized spacial score (nSPS) is 22.3. The van der Waals surface area contributed by atoms with Crippen LogP contribution in [0, 0.1) is 0 Å². The number of anilines is 1. The van der Waals surface area contributed by atoms with E-state index in [0.29, 0.717) is 24.2 Å². The van der Waals surface area contributed by atoms with Crippen molar-refractivity contribution in [2.75, 3.05) is 25.9 Å². The highest BCUT2D eigenvalue weighted by Gasteiger charge is 2.34. The average molecular weight is 361 g/mol. The summed E-state index contributed by atoms with van der Waals surface area (Å²) in [5.74, 6) is 1.35. The number of carbonyl (C=O) groups excluding carboxylic acids is 1. The quantitative estimate of drug-likeness (QED) is 0.797. The largest absolute Gasteiger partial charge is 0.384 e. The molecule has 1 saturated heterocycles. The van der Waals surface area contributed by atoms with Crippen LogP contribution in [0.2, 0.25) is 0 Å². The molecule has 1 aliphatic heterocycles. The minimum atomic E-state index is -0.292. The van der Waals surface area contributed by atoms with Crippen LogP contribution in [0.3, 0.4) is 0 Å². The van der Waals surface area contributed by atoms with E-state index in [2.05, 4.69) is 21.9 Å². The maximum Gasteiger partial charge on any atom is 0.251 e. The summed E-state index contributed by atoms with van der Waals surface area (Å²) in [5.41, 5.74) is 5.73. The highest BCUT2D eigenvalue weighted by Crippen LogP contribution is 2.25. The van der Waals surface area contributed by atoms with Gasteiger partial charge in [-0.25, -0.2) is 9.97 Å². The second-order valence-corrected chi connectivity index (χ2v) is 7.48. The number of hydrogen-bond donors (Lipinski definition) is 1. The van der Waals surface area contributed by atoms with Gasteiger partial charge in [0.05, 0.1) is 12.6 Å². The molecule has 1 aromatic rings. The number of aromatic nitrogens is 2. The molecule has 3 rings (SSSR count). The van der Waals surface area contributed by atoms with Gasteiger partial charge in [-0.15, -0.1) is 0 Å². The first-order chi connectivity index (χ1) is 12.6. The van der Waals surface area contributed by atoms with E-state index in [9.17, 15) is 4.79 Å². The molecule has 7 nitrogen and oxygen atoms in total. The minimum absolute atomic E-state index is 0.149. The van der Waals surface area contributed by atoms with Crippen molar-refractivity contribution in [2.45, 2.75) is 70.2 Å². The third-order valence-corrected chi connectivity index (χ3v) is 5.52. The first-order valence-electron chi connectivity index (χ1n) is 9.78. The van der Waals surface area contributed by atoms with E-state index >= 15 is 0 Å². The van der Waals surface area contributed by atoms with Crippen LogP contribution in [-0.2, 0) is 16.1 Å². The standard InChI is InChI=1S/C19H31N5O2/c1-3-16(26-15-6-4-5-7-15)19(25)24-11-9-14(12-24)23(2)13-18-21-10-8-17(20)22-18/h8,10,14-16H,3-7,9,11-13H2,1-2H3,(H2,20,21,22)/t14-,16-/m1/s1. The van der Waals surface area contributed by atoms with Crippen molar-refractivity contribution in [2.24, 2.45) is 0 Å². The van der Waals surface area contributed by atoms with Gasteiger partial charge in [-0.3, -0.25) is 9.69 Å². The number of nitrogens with two attached hydrogens (primary N) is 1. The Kier molecular flexibility index (Phi) is 6.43. The Balaban J connectivity index is 1.52. The Hall–Kier alpha value is -1.73. The molecule has 144 valence electrons. The van der Waals surface area contributed by atoms with Gasteiger partial charge >= 0.3 is 0 Å². The first-order valence-corrected chi connectivity index (χ1v) is 9.78. The first kappa shape index (κ1) is 19.0. The molecule has 1 aromatic heterocycles. The van der Waals surface area contributed by atoms with E-state index in [1.807, 2.05) is 11.8 Å². The summed E-state index contributed by atoms with van der Waals surface area (Å²) in [7, 11) is 2.05. The lowest BCUT2D eigenvalue weighted by Gasteiger charge is -2.27. The van der Waals surface area contributed by atoms with Crippen molar-refractivity contribution in [1.29, 1.82) is 0 Å². The van der Waals surface area contributed by atoms with Gasteiger partial charge in [-0.2, -0.15) is 0 Å². The van der Waals surface area contributed by atoms with Crippen molar-refractivity contribution in [3.05, 3.63) is 18.1 Å². The molecule has 2 heterocycles. The zero-order valence-corrected chi connectivity index (χ0v) is 15.9. The zero-order valence-electron chi connectivity index (χ0n) is 15.9. The Morgan fingerprint density at radius 1 is 1.42 bits per heavy atom. The lowest BCUT2D eigenvalue weighted by Crippen LogP contribution is -2.42. The van der Waals surface area contributed by atoms with Crippen LogP contribution in [0.5, 0.6) is 0 Å². The molecular formula is C19H31N5O2. The molecule has 2 aliphatic rings. The van der Waals surface area contributed by atoms with Gasteiger partial charge in [-0.1, -0.05) is 19.8 Å². The van der Waals surface area contributed by atoms with Gasteiger partial charge in [-0.05, 0) is 38.8 Å². The van der Waals surface area contributed by atoms with Gasteiger partial charge in [0.2, 0.25) is 0 Å². The number of nitrogen functional groups attached to an aromatic ring is 1. The topological polar surface area (TPSA) is 84.6 Å². The Bertz CT molecular complexity index is 605.